The number of rotatable bonds is 3. The van der Waals surface area contributed by atoms with Gasteiger partial charge in [0.05, 0.1) is 6.04 Å². The number of nitrogens with two attached hydrogens (primary N) is 1. The SMILES string of the molecule is Cc1csc(C(C)Nc2cc(C(F)(F)F)nc(N)n2)n1. The zero-order chi connectivity index (χ0) is 14.9. The summed E-state index contributed by atoms with van der Waals surface area (Å²) in [6.45, 7) is 3.63. The lowest BCUT2D eigenvalue weighted by Crippen LogP contribution is -2.14. The van der Waals surface area contributed by atoms with E-state index in [1.807, 2.05) is 12.3 Å². The van der Waals surface area contributed by atoms with E-state index in [9.17, 15) is 13.2 Å². The summed E-state index contributed by atoms with van der Waals surface area (Å²) in [5, 5.41) is 5.46. The van der Waals surface area contributed by atoms with Gasteiger partial charge in [-0.1, -0.05) is 0 Å². The molecule has 0 bridgehead atoms. The van der Waals surface area contributed by atoms with E-state index in [0.717, 1.165) is 16.8 Å². The van der Waals surface area contributed by atoms with Crippen molar-refractivity contribution in [2.45, 2.75) is 26.1 Å². The minimum absolute atomic E-state index is 0.0187. The smallest absolute Gasteiger partial charge is 0.368 e. The molecule has 0 aliphatic carbocycles. The highest BCUT2D eigenvalue weighted by atomic mass is 32.1. The van der Waals surface area contributed by atoms with Gasteiger partial charge in [-0.3, -0.25) is 0 Å². The van der Waals surface area contributed by atoms with Crippen LogP contribution in [0.1, 0.15) is 29.4 Å². The van der Waals surface area contributed by atoms with E-state index in [4.69, 9.17) is 5.73 Å². The van der Waals surface area contributed by atoms with Gasteiger partial charge in [-0.15, -0.1) is 11.3 Å². The van der Waals surface area contributed by atoms with Crippen LogP contribution in [0.25, 0.3) is 0 Å². The molecule has 2 rings (SSSR count). The van der Waals surface area contributed by atoms with Crippen molar-refractivity contribution in [3.63, 3.8) is 0 Å². The fourth-order valence-corrected chi connectivity index (χ4v) is 2.34. The van der Waals surface area contributed by atoms with E-state index < -0.39 is 17.8 Å². The standard InChI is InChI=1S/C11H12F3N5S/c1-5-4-20-9(16-5)6(2)17-8-3-7(11(12,13)14)18-10(15)19-8/h3-4,6H,1-2H3,(H3,15,17,18,19). The Bertz CT molecular complexity index is 610. The van der Waals surface area contributed by atoms with Crippen LogP contribution in [0.3, 0.4) is 0 Å². The first kappa shape index (κ1) is 14.5. The van der Waals surface area contributed by atoms with E-state index in [1.165, 1.54) is 11.3 Å². The maximum absolute atomic E-state index is 12.6. The molecule has 3 N–H and O–H groups in total. The molecule has 2 aromatic rings. The first-order valence-electron chi connectivity index (χ1n) is 5.66. The monoisotopic (exact) mass is 303 g/mol. The second-order valence-electron chi connectivity index (χ2n) is 4.19. The average molecular weight is 303 g/mol. The van der Waals surface area contributed by atoms with Crippen molar-refractivity contribution in [3.05, 3.63) is 27.8 Å². The van der Waals surface area contributed by atoms with Gasteiger partial charge in [-0.05, 0) is 13.8 Å². The van der Waals surface area contributed by atoms with Crippen LogP contribution in [-0.2, 0) is 6.18 Å². The minimum atomic E-state index is -4.56. The highest BCUT2D eigenvalue weighted by molar-refractivity contribution is 7.09. The molecule has 0 radical (unpaired) electrons. The van der Waals surface area contributed by atoms with Crippen LogP contribution in [0, 0.1) is 6.92 Å². The fraction of sp³-hybridized carbons (Fsp3) is 0.364. The van der Waals surface area contributed by atoms with E-state index >= 15 is 0 Å². The van der Waals surface area contributed by atoms with Crippen molar-refractivity contribution in [2.75, 3.05) is 11.1 Å². The van der Waals surface area contributed by atoms with Crippen LogP contribution >= 0.6 is 11.3 Å². The first-order valence-corrected chi connectivity index (χ1v) is 6.54. The average Bonchev–Trinajstić information content (AvgIpc) is 2.74. The summed E-state index contributed by atoms with van der Waals surface area (Å²) in [4.78, 5) is 11.2. The molecule has 0 aliphatic rings. The van der Waals surface area contributed by atoms with Crippen LogP contribution < -0.4 is 11.1 Å². The molecule has 1 unspecified atom stereocenters. The number of alkyl halides is 3. The zero-order valence-corrected chi connectivity index (χ0v) is 11.5. The number of hydrogen-bond acceptors (Lipinski definition) is 6. The Balaban J connectivity index is 2.23. The van der Waals surface area contributed by atoms with Gasteiger partial charge in [-0.25, -0.2) is 9.97 Å². The van der Waals surface area contributed by atoms with Gasteiger partial charge in [-0.2, -0.15) is 18.2 Å². The second kappa shape index (κ2) is 5.23. The molecular formula is C11H12F3N5S. The second-order valence-corrected chi connectivity index (χ2v) is 5.08. The first-order chi connectivity index (χ1) is 9.25. The van der Waals surface area contributed by atoms with Gasteiger partial charge >= 0.3 is 6.18 Å². The molecule has 5 nitrogen and oxygen atoms in total. The van der Waals surface area contributed by atoms with Crippen LogP contribution in [-0.4, -0.2) is 15.0 Å². The number of nitrogens with one attached hydrogen (secondary N) is 1. The Kier molecular flexibility index (Phi) is 3.80. The molecule has 0 amide bonds. The van der Waals surface area contributed by atoms with Crippen LogP contribution in [0.15, 0.2) is 11.4 Å². The molecule has 0 fully saturated rings. The van der Waals surface area contributed by atoms with Crippen LogP contribution in [0.4, 0.5) is 24.9 Å². The number of thiazole rings is 1. The maximum atomic E-state index is 12.6. The van der Waals surface area contributed by atoms with Gasteiger partial charge in [0.1, 0.15) is 10.8 Å². The van der Waals surface area contributed by atoms with Crippen LogP contribution in [0.5, 0.6) is 0 Å². The topological polar surface area (TPSA) is 76.7 Å². The molecule has 2 aromatic heterocycles. The summed E-state index contributed by atoms with van der Waals surface area (Å²) in [7, 11) is 0. The third kappa shape index (κ3) is 3.35. The van der Waals surface area contributed by atoms with Gasteiger partial charge in [0, 0.05) is 17.1 Å². The minimum Gasteiger partial charge on any atom is -0.368 e. The lowest BCUT2D eigenvalue weighted by molar-refractivity contribution is -0.141. The third-order valence-corrected chi connectivity index (χ3v) is 3.55. The highest BCUT2D eigenvalue weighted by Gasteiger charge is 2.33. The number of aromatic nitrogens is 3. The zero-order valence-electron chi connectivity index (χ0n) is 10.7. The quantitative estimate of drug-likeness (QED) is 0.911. The number of anilines is 2. The van der Waals surface area contributed by atoms with E-state index in [0.29, 0.717) is 0 Å². The summed E-state index contributed by atoms with van der Waals surface area (Å²) >= 11 is 1.42. The van der Waals surface area contributed by atoms with Crippen molar-refractivity contribution in [1.29, 1.82) is 0 Å². The molecule has 1 atom stereocenters. The summed E-state index contributed by atoms with van der Waals surface area (Å²) < 4.78 is 37.9. The Hall–Kier alpha value is -1.90. The molecule has 20 heavy (non-hydrogen) atoms. The van der Waals surface area contributed by atoms with E-state index in [2.05, 4.69) is 20.3 Å². The molecule has 0 saturated heterocycles. The number of aryl methyl sites for hydroxylation is 1. The summed E-state index contributed by atoms with van der Waals surface area (Å²) in [5.41, 5.74) is 5.08. The molecule has 108 valence electrons. The number of halogens is 3. The largest absolute Gasteiger partial charge is 0.433 e. The van der Waals surface area contributed by atoms with Crippen molar-refractivity contribution in [1.82, 2.24) is 15.0 Å². The lowest BCUT2D eigenvalue weighted by atomic mass is 10.3. The number of nitrogens with zero attached hydrogens (tertiary/aromatic N) is 3. The van der Waals surface area contributed by atoms with Crippen molar-refractivity contribution in [2.24, 2.45) is 0 Å². The van der Waals surface area contributed by atoms with Crippen molar-refractivity contribution < 1.29 is 13.2 Å². The Morgan fingerprint density at radius 2 is 2.00 bits per heavy atom. The fourth-order valence-electron chi connectivity index (χ4n) is 1.54. The summed E-state index contributed by atoms with van der Waals surface area (Å²) in [6.07, 6.45) is -4.56. The normalized spacial score (nSPS) is 13.2. The van der Waals surface area contributed by atoms with Gasteiger partial charge in [0.15, 0.2) is 5.69 Å². The van der Waals surface area contributed by atoms with Crippen molar-refractivity contribution in [3.8, 4) is 0 Å². The van der Waals surface area contributed by atoms with Crippen LogP contribution in [0.2, 0.25) is 0 Å². The summed E-state index contributed by atoms with van der Waals surface area (Å²) in [6, 6.07) is 0.553. The molecule has 0 spiro atoms. The molecule has 2 heterocycles. The molecule has 9 heteroatoms. The Morgan fingerprint density at radius 3 is 2.55 bits per heavy atom. The molecule has 0 aliphatic heterocycles. The highest BCUT2D eigenvalue weighted by Crippen LogP contribution is 2.30. The Labute approximate surface area is 117 Å². The predicted octanol–water partition coefficient (Wildman–Crippen LogP) is 3.02. The summed E-state index contributed by atoms with van der Waals surface area (Å²) in [5.74, 6) is -0.407. The predicted molar refractivity (Wildman–Crippen MR) is 70.3 cm³/mol. The maximum Gasteiger partial charge on any atom is 0.433 e. The van der Waals surface area contributed by atoms with E-state index in [1.54, 1.807) is 6.92 Å². The molecule has 0 aromatic carbocycles. The molecular weight excluding hydrogens is 291 g/mol. The third-order valence-electron chi connectivity index (χ3n) is 2.41. The molecule has 0 saturated carbocycles. The number of nitrogen functional groups attached to an aromatic ring is 1. The van der Waals surface area contributed by atoms with Gasteiger partial charge < -0.3 is 11.1 Å². The lowest BCUT2D eigenvalue weighted by Gasteiger charge is -2.14. The Morgan fingerprint density at radius 1 is 1.30 bits per heavy atom. The number of hydrogen-bond donors (Lipinski definition) is 2. The van der Waals surface area contributed by atoms with E-state index in [-0.39, 0.29) is 11.9 Å². The van der Waals surface area contributed by atoms with Crippen molar-refractivity contribution >= 4 is 23.1 Å². The van der Waals surface area contributed by atoms with Gasteiger partial charge in [0.2, 0.25) is 5.95 Å². The van der Waals surface area contributed by atoms with Gasteiger partial charge in [0.25, 0.3) is 0 Å².